The summed E-state index contributed by atoms with van der Waals surface area (Å²) in [4.78, 5) is 13.5. The molecule has 0 radical (unpaired) electrons. The molecule has 2 fully saturated rings. The molecule has 16 heteroatoms. The van der Waals surface area contributed by atoms with Crippen molar-refractivity contribution in [3.63, 3.8) is 0 Å². The molecule has 16 nitrogen and oxygen atoms in total. The smallest absolute Gasteiger partial charge is 0.229 e. The highest BCUT2D eigenvalue weighted by Crippen LogP contribution is 2.45. The summed E-state index contributed by atoms with van der Waals surface area (Å²) < 4.78 is 33.5. The van der Waals surface area contributed by atoms with Gasteiger partial charge in [0.15, 0.2) is 17.3 Å². The molecule has 9 N–H and O–H groups in total. The molecule has 11 atom stereocenters. The average Bonchev–Trinajstić information content (AvgIpc) is 3.01. The summed E-state index contributed by atoms with van der Waals surface area (Å²) >= 11 is 0. The number of phenols is 1. The van der Waals surface area contributed by atoms with Crippen LogP contribution in [0.5, 0.6) is 28.7 Å². The largest absolute Gasteiger partial charge is 0.504 e. The van der Waals surface area contributed by atoms with Crippen molar-refractivity contribution in [1.82, 2.24) is 0 Å². The highest BCUT2D eigenvalue weighted by atomic mass is 16.7. The van der Waals surface area contributed by atoms with Crippen molar-refractivity contribution in [3.05, 3.63) is 41.5 Å². The number of methoxy groups -OCH3 is 1. The van der Waals surface area contributed by atoms with Crippen LogP contribution in [0.25, 0.3) is 0 Å². The zero-order valence-corrected chi connectivity index (χ0v) is 23.2. The Kier molecular flexibility index (Phi) is 9.47. The second-order valence-corrected chi connectivity index (χ2v) is 10.6. The van der Waals surface area contributed by atoms with Crippen LogP contribution in [0.1, 0.15) is 28.4 Å². The summed E-state index contributed by atoms with van der Waals surface area (Å²) in [5.74, 6) is -1.07. The van der Waals surface area contributed by atoms with Crippen molar-refractivity contribution >= 4 is 5.78 Å². The second kappa shape index (κ2) is 13.0. The first kappa shape index (κ1) is 32.1. The predicted octanol–water partition coefficient (Wildman–Crippen LogP) is -2.54. The molecule has 0 aliphatic carbocycles. The van der Waals surface area contributed by atoms with E-state index >= 15 is 0 Å². The zero-order valence-electron chi connectivity index (χ0n) is 23.2. The minimum atomic E-state index is -1.83. The number of ether oxygens (including phenoxy) is 6. The normalized spacial score (nSPS) is 35.4. The number of aliphatic hydroxyl groups excluding tert-OH is 8. The van der Waals surface area contributed by atoms with Crippen molar-refractivity contribution in [2.45, 2.75) is 73.9 Å². The number of hydrogen-bond acceptors (Lipinski definition) is 16. The van der Waals surface area contributed by atoms with E-state index in [1.165, 1.54) is 25.3 Å². The van der Waals surface area contributed by atoms with E-state index in [2.05, 4.69) is 0 Å². The van der Waals surface area contributed by atoms with E-state index in [1.54, 1.807) is 6.07 Å². The Morgan fingerprint density at radius 3 is 1.91 bits per heavy atom. The molecule has 2 saturated heterocycles. The molecule has 5 rings (SSSR count). The van der Waals surface area contributed by atoms with Gasteiger partial charge in [-0.1, -0.05) is 6.07 Å². The number of hydrogen-bond donors (Lipinski definition) is 9. The van der Waals surface area contributed by atoms with E-state index in [4.69, 9.17) is 28.4 Å². The Hall–Kier alpha value is -3.29. The molecule has 0 amide bonds. The first-order valence-electron chi connectivity index (χ1n) is 13.7. The first-order chi connectivity index (χ1) is 21.0. The molecule has 0 saturated carbocycles. The lowest BCUT2D eigenvalue weighted by atomic mass is 9.95. The van der Waals surface area contributed by atoms with Gasteiger partial charge < -0.3 is 74.4 Å². The van der Waals surface area contributed by atoms with Crippen LogP contribution in [0.3, 0.4) is 0 Å². The van der Waals surface area contributed by atoms with Gasteiger partial charge in [0.25, 0.3) is 0 Å². The fourth-order valence-corrected chi connectivity index (χ4v) is 5.24. The molecule has 0 spiro atoms. The molecule has 0 bridgehead atoms. The van der Waals surface area contributed by atoms with Gasteiger partial charge in [0.2, 0.25) is 12.6 Å². The molecule has 3 aliphatic rings. The summed E-state index contributed by atoms with van der Waals surface area (Å²) in [6, 6.07) is 6.84. The van der Waals surface area contributed by atoms with Gasteiger partial charge in [-0.25, -0.2) is 0 Å². The molecule has 2 aromatic carbocycles. The number of carbonyl (C=O) groups is 1. The number of aromatic hydroxyl groups is 1. The molecule has 3 heterocycles. The van der Waals surface area contributed by atoms with Crippen LogP contribution in [0.2, 0.25) is 0 Å². The summed E-state index contributed by atoms with van der Waals surface area (Å²) in [6.45, 7) is -1.45. The van der Waals surface area contributed by atoms with Crippen LogP contribution >= 0.6 is 0 Å². The van der Waals surface area contributed by atoms with Crippen molar-refractivity contribution < 1.29 is 79.2 Å². The number of benzene rings is 2. The fraction of sp³-hybridized carbons (Fsp3) is 0.536. The molecule has 3 aliphatic heterocycles. The lowest BCUT2D eigenvalue weighted by Crippen LogP contribution is -2.60. The average molecular weight is 627 g/mol. The Labute approximate surface area is 249 Å². The van der Waals surface area contributed by atoms with Crippen LogP contribution in [-0.4, -0.2) is 133 Å². The lowest BCUT2D eigenvalue weighted by molar-refractivity contribution is -0.278. The molecular formula is C28H34O16. The van der Waals surface area contributed by atoms with Crippen molar-refractivity contribution in [3.8, 4) is 28.7 Å². The SMILES string of the molecule is COc1ccc([C@@H]2CC(=O)c3c(O[C@@H]4O[C@H](CO)[C@@H](O)[C@H](O)[C@H]4O)cc(O[C@@H]4O[C@H](CO)[C@@H](O)[C@H](O)[C@H]4O)cc3O2)cc1O. The maximum atomic E-state index is 13.5. The van der Waals surface area contributed by atoms with E-state index in [0.29, 0.717) is 5.56 Å². The third kappa shape index (κ3) is 6.01. The molecule has 242 valence electrons. The van der Waals surface area contributed by atoms with Gasteiger partial charge in [-0.2, -0.15) is 0 Å². The Morgan fingerprint density at radius 1 is 0.773 bits per heavy atom. The van der Waals surface area contributed by atoms with Gasteiger partial charge in [-0.05, 0) is 17.7 Å². The third-order valence-electron chi connectivity index (χ3n) is 7.73. The van der Waals surface area contributed by atoms with Gasteiger partial charge in [-0.3, -0.25) is 4.79 Å². The Balaban J connectivity index is 1.51. The molecule has 0 unspecified atom stereocenters. The minimum Gasteiger partial charge on any atom is -0.504 e. The van der Waals surface area contributed by atoms with E-state index in [-0.39, 0.29) is 40.7 Å². The Bertz CT molecular complexity index is 1330. The van der Waals surface area contributed by atoms with E-state index in [0.717, 1.165) is 6.07 Å². The molecule has 2 aromatic rings. The van der Waals surface area contributed by atoms with E-state index < -0.39 is 86.5 Å². The second-order valence-electron chi connectivity index (χ2n) is 10.6. The van der Waals surface area contributed by atoms with Gasteiger partial charge in [0.1, 0.15) is 77.7 Å². The molecule has 0 aromatic heterocycles. The quantitative estimate of drug-likeness (QED) is 0.146. The number of fused-ring (bicyclic) bond motifs is 1. The van der Waals surface area contributed by atoms with Crippen LogP contribution in [0, 0.1) is 0 Å². The van der Waals surface area contributed by atoms with E-state index in [1.807, 2.05) is 0 Å². The summed E-state index contributed by atoms with van der Waals surface area (Å²) in [5.41, 5.74) is 0.288. The van der Waals surface area contributed by atoms with Crippen LogP contribution in [-0.2, 0) is 9.47 Å². The minimum absolute atomic E-state index is 0.108. The molecule has 44 heavy (non-hydrogen) atoms. The van der Waals surface area contributed by atoms with Crippen molar-refractivity contribution in [2.24, 2.45) is 0 Å². The fourth-order valence-electron chi connectivity index (χ4n) is 5.24. The zero-order chi connectivity index (χ0) is 31.9. The van der Waals surface area contributed by atoms with Gasteiger partial charge >= 0.3 is 0 Å². The highest BCUT2D eigenvalue weighted by molar-refractivity contribution is 6.03. The van der Waals surface area contributed by atoms with Crippen LogP contribution < -0.4 is 18.9 Å². The van der Waals surface area contributed by atoms with Crippen molar-refractivity contribution in [2.75, 3.05) is 20.3 Å². The number of aliphatic hydroxyl groups is 8. The number of carbonyl (C=O) groups excluding carboxylic acids is 1. The number of phenolic OH excluding ortho intramolecular Hbond substituents is 1. The maximum absolute atomic E-state index is 13.5. The highest BCUT2D eigenvalue weighted by Gasteiger charge is 2.47. The van der Waals surface area contributed by atoms with E-state index in [9.17, 15) is 50.8 Å². The van der Waals surface area contributed by atoms with Crippen molar-refractivity contribution in [1.29, 1.82) is 0 Å². The van der Waals surface area contributed by atoms with Gasteiger partial charge in [-0.15, -0.1) is 0 Å². The third-order valence-corrected chi connectivity index (χ3v) is 7.73. The standard InChI is InChI=1S/C28H34O16/c1-39-14-3-2-10(4-12(14)31)15-7-13(32)20-16(41-15)5-11(40-27-25(37)23(35)21(33)18(8-29)43-27)6-17(20)42-28-26(38)24(36)22(34)19(9-30)44-28/h2-6,15,18-19,21-31,33-38H,7-9H2,1H3/t15-,18+,19+,21+,22+,23-,24-,25+,26+,27+,28+/m0/s1. The van der Waals surface area contributed by atoms with Crippen LogP contribution in [0.4, 0.5) is 0 Å². The topological polar surface area (TPSA) is 255 Å². The van der Waals surface area contributed by atoms with Gasteiger partial charge in [0, 0.05) is 12.1 Å². The Morgan fingerprint density at radius 2 is 1.36 bits per heavy atom. The summed E-state index contributed by atoms with van der Waals surface area (Å²) in [6.07, 6.45) is -17.5. The monoisotopic (exact) mass is 626 g/mol. The molecular weight excluding hydrogens is 592 g/mol. The number of ketones is 1. The summed E-state index contributed by atoms with van der Waals surface area (Å²) in [7, 11) is 1.37. The predicted molar refractivity (Wildman–Crippen MR) is 142 cm³/mol. The number of rotatable bonds is 8. The number of Topliss-reactive ketones (excluding diaryl/α,β-unsaturated/α-hetero) is 1. The lowest BCUT2D eigenvalue weighted by Gasteiger charge is -2.40. The van der Waals surface area contributed by atoms with Crippen LogP contribution in [0.15, 0.2) is 30.3 Å². The maximum Gasteiger partial charge on any atom is 0.229 e. The summed E-state index contributed by atoms with van der Waals surface area (Å²) in [5, 5.41) is 91.0. The van der Waals surface area contributed by atoms with Gasteiger partial charge in [0.05, 0.1) is 26.7 Å². The first-order valence-corrected chi connectivity index (χ1v) is 13.7.